The van der Waals surface area contributed by atoms with E-state index in [0.717, 1.165) is 39.0 Å². The first-order valence-corrected chi connectivity index (χ1v) is 18.4. The smallest absolute Gasteiger partial charge is 0.341 e. The SMILES string of the molecule is COC(=O)c1c(NC(=O)CSc2cccc(NC(=O)N3c4ccccc4SC4C=CC=CC43)c2)sc2c1CCN(Cc1ccccc1)C2. The second-order valence-corrected chi connectivity index (χ2v) is 15.0. The van der Waals surface area contributed by atoms with Crippen LogP contribution in [0.3, 0.4) is 0 Å². The summed E-state index contributed by atoms with van der Waals surface area (Å²) in [4.78, 5) is 46.9. The quantitative estimate of drug-likeness (QED) is 0.144. The van der Waals surface area contributed by atoms with Crippen LogP contribution in [0.1, 0.15) is 26.4 Å². The first-order chi connectivity index (χ1) is 23.5. The van der Waals surface area contributed by atoms with E-state index in [1.54, 1.807) is 11.8 Å². The molecule has 0 saturated carbocycles. The number of carbonyl (C=O) groups excluding carboxylic acids is 3. The highest BCUT2D eigenvalue weighted by molar-refractivity contribution is 8.00. The summed E-state index contributed by atoms with van der Waals surface area (Å²) in [6, 6.07) is 25.5. The summed E-state index contributed by atoms with van der Waals surface area (Å²) in [6.45, 7) is 2.35. The molecule has 7 rings (SSSR count). The van der Waals surface area contributed by atoms with E-state index in [9.17, 15) is 14.4 Å². The molecule has 1 aliphatic carbocycles. The Morgan fingerprint density at radius 1 is 0.958 bits per heavy atom. The van der Waals surface area contributed by atoms with Gasteiger partial charge in [0.1, 0.15) is 5.00 Å². The van der Waals surface area contributed by atoms with Crippen LogP contribution in [0.25, 0.3) is 0 Å². The van der Waals surface area contributed by atoms with Crippen LogP contribution in [0.15, 0.2) is 113 Å². The predicted octanol–water partition coefficient (Wildman–Crippen LogP) is 7.83. The zero-order valence-electron chi connectivity index (χ0n) is 26.3. The molecule has 0 spiro atoms. The fourth-order valence-electron chi connectivity index (χ4n) is 6.22. The number of para-hydroxylation sites is 1. The molecule has 2 aliphatic heterocycles. The summed E-state index contributed by atoms with van der Waals surface area (Å²) >= 11 is 4.58. The minimum Gasteiger partial charge on any atom is -0.465 e. The van der Waals surface area contributed by atoms with Gasteiger partial charge >= 0.3 is 12.0 Å². The Kier molecular flexibility index (Phi) is 9.71. The van der Waals surface area contributed by atoms with Crippen LogP contribution < -0.4 is 15.5 Å². The molecule has 3 aliphatic rings. The van der Waals surface area contributed by atoms with Crippen LogP contribution in [-0.4, -0.2) is 53.5 Å². The number of urea groups is 1. The number of thiophene rings is 1. The van der Waals surface area contributed by atoms with E-state index in [0.29, 0.717) is 29.2 Å². The lowest BCUT2D eigenvalue weighted by Gasteiger charge is -2.40. The van der Waals surface area contributed by atoms with E-state index < -0.39 is 5.97 Å². The Hall–Kier alpha value is -4.29. The number of methoxy groups -OCH3 is 1. The zero-order valence-corrected chi connectivity index (χ0v) is 28.7. The molecule has 3 amide bonds. The van der Waals surface area contributed by atoms with Gasteiger partial charge in [-0.05, 0) is 47.9 Å². The van der Waals surface area contributed by atoms with Gasteiger partial charge in [0, 0.05) is 40.0 Å². The van der Waals surface area contributed by atoms with E-state index in [-0.39, 0.29) is 29.0 Å². The molecule has 4 aromatic rings. The fraction of sp³-hybridized carbons (Fsp3) is 0.216. The van der Waals surface area contributed by atoms with Gasteiger partial charge in [-0.1, -0.05) is 72.8 Å². The molecule has 3 heterocycles. The highest BCUT2D eigenvalue weighted by atomic mass is 32.2. The standard InChI is InChI=1S/C37H34N4O4S3/c1-45-36(43)34-27-18-19-40(21-24-10-3-2-4-11-24)22-32(27)48-35(34)39-33(42)23-46-26-13-9-12-25(20-26)38-37(44)41-28-14-5-7-16-30(28)47-31-17-8-6-15-29(31)41/h2-17,20,28,30H,18-19,21-23H2,1H3,(H,38,44)(H,39,42). The number of hydrogen-bond donors (Lipinski definition) is 2. The molecule has 3 aromatic carbocycles. The van der Waals surface area contributed by atoms with Crippen molar-refractivity contribution in [3.05, 3.63) is 125 Å². The number of hydrogen-bond acceptors (Lipinski definition) is 8. The fourth-order valence-corrected chi connectivity index (χ4v) is 9.53. The molecule has 0 fully saturated rings. The van der Waals surface area contributed by atoms with Gasteiger partial charge in [0.2, 0.25) is 5.91 Å². The van der Waals surface area contributed by atoms with Crippen molar-refractivity contribution in [2.45, 2.75) is 40.6 Å². The maximum absolute atomic E-state index is 13.7. The number of amides is 3. The van der Waals surface area contributed by atoms with Crippen molar-refractivity contribution in [3.8, 4) is 0 Å². The van der Waals surface area contributed by atoms with Gasteiger partial charge in [-0.3, -0.25) is 14.6 Å². The number of esters is 1. The molecule has 1 aromatic heterocycles. The van der Waals surface area contributed by atoms with Crippen molar-refractivity contribution in [1.82, 2.24) is 4.90 Å². The Morgan fingerprint density at radius 2 is 1.77 bits per heavy atom. The highest BCUT2D eigenvalue weighted by Crippen LogP contribution is 2.44. The van der Waals surface area contributed by atoms with Crippen molar-refractivity contribution >= 4 is 69.1 Å². The first kappa shape index (κ1) is 32.3. The molecule has 0 radical (unpaired) electrons. The van der Waals surface area contributed by atoms with Crippen molar-refractivity contribution in [2.75, 3.05) is 34.9 Å². The normalized spacial score (nSPS) is 18.0. The molecule has 11 heteroatoms. The monoisotopic (exact) mass is 694 g/mol. The van der Waals surface area contributed by atoms with Crippen LogP contribution in [0.5, 0.6) is 0 Å². The Bertz CT molecular complexity index is 1910. The lowest BCUT2D eigenvalue weighted by molar-refractivity contribution is -0.113. The topological polar surface area (TPSA) is 91.0 Å². The first-order valence-electron chi connectivity index (χ1n) is 15.7. The van der Waals surface area contributed by atoms with Crippen LogP contribution in [0.2, 0.25) is 0 Å². The number of anilines is 3. The Morgan fingerprint density at radius 3 is 2.62 bits per heavy atom. The number of nitrogens with one attached hydrogen (secondary N) is 2. The number of thioether (sulfide) groups is 2. The van der Waals surface area contributed by atoms with Crippen LogP contribution in [0, 0.1) is 0 Å². The van der Waals surface area contributed by atoms with Gasteiger partial charge < -0.3 is 15.4 Å². The van der Waals surface area contributed by atoms with Gasteiger partial charge in [-0.25, -0.2) is 9.59 Å². The van der Waals surface area contributed by atoms with Crippen LogP contribution >= 0.6 is 34.9 Å². The molecule has 48 heavy (non-hydrogen) atoms. The minimum atomic E-state index is -0.434. The molecular formula is C37H34N4O4S3. The molecule has 2 N–H and O–H groups in total. The van der Waals surface area contributed by atoms with E-state index in [1.807, 2.05) is 83.8 Å². The van der Waals surface area contributed by atoms with Crippen LogP contribution in [-0.2, 0) is 29.0 Å². The van der Waals surface area contributed by atoms with Crippen molar-refractivity contribution in [1.29, 1.82) is 0 Å². The third-order valence-corrected chi connectivity index (χ3v) is 11.9. The Labute approximate surface area is 292 Å². The molecular weight excluding hydrogens is 661 g/mol. The lowest BCUT2D eigenvalue weighted by Crippen LogP contribution is -2.49. The number of fused-ring (bicyclic) bond motifs is 3. The number of benzene rings is 3. The third-order valence-electron chi connectivity index (χ3n) is 8.44. The van der Waals surface area contributed by atoms with Gasteiger partial charge in [-0.2, -0.15) is 0 Å². The Balaban J connectivity index is 1.00. The van der Waals surface area contributed by atoms with Crippen molar-refractivity contribution in [3.63, 3.8) is 0 Å². The molecule has 8 nitrogen and oxygen atoms in total. The van der Waals surface area contributed by atoms with Crippen molar-refractivity contribution in [2.24, 2.45) is 0 Å². The summed E-state index contributed by atoms with van der Waals surface area (Å²) in [7, 11) is 1.37. The minimum absolute atomic E-state index is 0.0964. The summed E-state index contributed by atoms with van der Waals surface area (Å²) in [5.41, 5.74) is 4.19. The second-order valence-electron chi connectivity index (χ2n) is 11.6. The largest absolute Gasteiger partial charge is 0.465 e. The zero-order chi connectivity index (χ0) is 33.0. The van der Waals surface area contributed by atoms with Crippen molar-refractivity contribution < 1.29 is 19.1 Å². The van der Waals surface area contributed by atoms with E-state index in [4.69, 9.17) is 4.74 Å². The average Bonchev–Trinajstić information content (AvgIpc) is 3.46. The number of rotatable bonds is 8. The highest BCUT2D eigenvalue weighted by Gasteiger charge is 2.36. The second kappa shape index (κ2) is 14.4. The molecule has 2 atom stereocenters. The molecule has 244 valence electrons. The summed E-state index contributed by atoms with van der Waals surface area (Å²) in [5.74, 6) is -0.514. The summed E-state index contributed by atoms with van der Waals surface area (Å²) in [6.07, 6.45) is 8.92. The lowest BCUT2D eigenvalue weighted by atomic mass is 10.0. The summed E-state index contributed by atoms with van der Waals surface area (Å²) in [5, 5.41) is 6.74. The molecule has 0 saturated heterocycles. The van der Waals surface area contributed by atoms with Gasteiger partial charge in [-0.15, -0.1) is 34.9 Å². The number of ether oxygens (including phenoxy) is 1. The maximum atomic E-state index is 13.7. The maximum Gasteiger partial charge on any atom is 0.341 e. The van der Waals surface area contributed by atoms with E-state index in [2.05, 4.69) is 39.8 Å². The summed E-state index contributed by atoms with van der Waals surface area (Å²) < 4.78 is 5.12. The number of allylic oxidation sites excluding steroid dienone is 2. The number of carbonyl (C=O) groups is 3. The number of nitrogens with zero attached hydrogens (tertiary/aromatic N) is 2. The van der Waals surface area contributed by atoms with Gasteiger partial charge in [0.05, 0.1) is 35.4 Å². The third kappa shape index (κ3) is 6.95. The van der Waals surface area contributed by atoms with Gasteiger partial charge in [0.15, 0.2) is 0 Å². The van der Waals surface area contributed by atoms with E-state index in [1.165, 1.54) is 35.8 Å². The predicted molar refractivity (Wildman–Crippen MR) is 195 cm³/mol. The van der Waals surface area contributed by atoms with E-state index >= 15 is 0 Å². The average molecular weight is 695 g/mol. The molecule has 2 unspecified atom stereocenters. The van der Waals surface area contributed by atoms with Crippen LogP contribution in [0.4, 0.5) is 21.2 Å². The molecule has 0 bridgehead atoms. The van der Waals surface area contributed by atoms with Gasteiger partial charge in [0.25, 0.3) is 0 Å².